The molecule has 1 saturated heterocycles. The molecule has 0 radical (unpaired) electrons. The Hall–Kier alpha value is -2.72. The number of para-hydroxylation sites is 1. The zero-order valence-electron chi connectivity index (χ0n) is 15.9. The second-order valence-corrected chi connectivity index (χ2v) is 8.48. The van der Waals surface area contributed by atoms with Crippen molar-refractivity contribution >= 4 is 45.1 Å². The highest BCUT2D eigenvalue weighted by Crippen LogP contribution is 2.36. The van der Waals surface area contributed by atoms with E-state index < -0.39 is 4.92 Å². The van der Waals surface area contributed by atoms with E-state index in [9.17, 15) is 14.9 Å². The number of nitro benzene ring substituents is 1. The highest BCUT2D eigenvalue weighted by Gasteiger charge is 2.27. The van der Waals surface area contributed by atoms with E-state index in [2.05, 4.69) is 10.1 Å². The van der Waals surface area contributed by atoms with Crippen LogP contribution in [0.5, 0.6) is 0 Å². The largest absolute Gasteiger partial charge is 0.361 e. The third-order valence-electron chi connectivity index (χ3n) is 4.82. The second kappa shape index (κ2) is 7.60. The third kappa shape index (κ3) is 3.65. The minimum absolute atomic E-state index is 0.00499. The van der Waals surface area contributed by atoms with E-state index in [1.807, 2.05) is 23.6 Å². The lowest BCUT2D eigenvalue weighted by Gasteiger charge is -2.36. The van der Waals surface area contributed by atoms with Crippen molar-refractivity contribution in [1.29, 1.82) is 0 Å². The van der Waals surface area contributed by atoms with Crippen molar-refractivity contribution in [3.8, 4) is 0 Å². The zero-order chi connectivity index (χ0) is 20.7. The Morgan fingerprint density at radius 2 is 1.90 bits per heavy atom. The van der Waals surface area contributed by atoms with Crippen molar-refractivity contribution in [3.05, 3.63) is 54.8 Å². The first-order chi connectivity index (χ1) is 13.8. The topological polar surface area (TPSA) is 96.9 Å². The van der Waals surface area contributed by atoms with E-state index >= 15 is 0 Å². The molecule has 9 nitrogen and oxygen atoms in total. The van der Waals surface area contributed by atoms with Crippen LogP contribution in [0.25, 0.3) is 4.96 Å². The predicted molar refractivity (Wildman–Crippen MR) is 114 cm³/mol. The summed E-state index contributed by atoms with van der Waals surface area (Å²) in [6.45, 7) is 6.26. The molecule has 1 aliphatic heterocycles. The van der Waals surface area contributed by atoms with Crippen LogP contribution in [0.15, 0.2) is 29.1 Å². The number of nitro groups is 1. The number of benzene rings is 1. The van der Waals surface area contributed by atoms with Gasteiger partial charge in [-0.1, -0.05) is 42.9 Å². The first-order valence-electron chi connectivity index (χ1n) is 9.19. The molecule has 1 aromatic carbocycles. The maximum absolute atomic E-state index is 12.5. The van der Waals surface area contributed by atoms with E-state index in [1.54, 1.807) is 12.1 Å². The first-order valence-corrected chi connectivity index (χ1v) is 10.4. The number of piperazine rings is 1. The van der Waals surface area contributed by atoms with Crippen LogP contribution < -0.4 is 15.4 Å². The van der Waals surface area contributed by atoms with Crippen molar-refractivity contribution in [3.63, 3.8) is 0 Å². The Balaban J connectivity index is 1.58. The van der Waals surface area contributed by atoms with Crippen LogP contribution >= 0.6 is 22.9 Å². The van der Waals surface area contributed by atoms with Gasteiger partial charge in [-0.2, -0.15) is 9.61 Å². The fourth-order valence-corrected chi connectivity index (χ4v) is 4.52. The Kier molecular flexibility index (Phi) is 5.13. The molecule has 152 valence electrons. The van der Waals surface area contributed by atoms with Gasteiger partial charge in [-0.3, -0.25) is 14.9 Å². The van der Waals surface area contributed by atoms with E-state index in [1.165, 1.54) is 28.0 Å². The number of hydrogen-bond donors (Lipinski definition) is 0. The van der Waals surface area contributed by atoms with Gasteiger partial charge in [-0.15, -0.1) is 0 Å². The minimum atomic E-state index is -0.417. The molecule has 0 amide bonds. The molecule has 4 rings (SSSR count). The van der Waals surface area contributed by atoms with Crippen molar-refractivity contribution in [1.82, 2.24) is 14.6 Å². The van der Waals surface area contributed by atoms with Gasteiger partial charge in [-0.25, -0.2) is 4.98 Å². The summed E-state index contributed by atoms with van der Waals surface area (Å²) in [5, 5.41) is 16.9. The fourth-order valence-electron chi connectivity index (χ4n) is 3.33. The standard InChI is InChI=1S/C18H19ClN6O3S/c1-11(2)17-21-24-15(26)10-14(20-18(24)29-17)22-6-8-23(9-7-22)16-12(19)4-3-5-13(16)25(27)28/h3-5,10-11H,6-9H2,1-2H3. The van der Waals surface area contributed by atoms with Crippen LogP contribution in [0.4, 0.5) is 17.2 Å². The van der Waals surface area contributed by atoms with E-state index in [0.717, 1.165) is 5.01 Å². The lowest BCUT2D eigenvalue weighted by atomic mass is 10.2. The van der Waals surface area contributed by atoms with Crippen LogP contribution in [0.3, 0.4) is 0 Å². The number of halogens is 1. The predicted octanol–water partition coefficient (Wildman–Crippen LogP) is 3.16. The van der Waals surface area contributed by atoms with E-state index in [4.69, 9.17) is 11.6 Å². The molecule has 0 saturated carbocycles. The van der Waals surface area contributed by atoms with Gasteiger partial charge in [-0.05, 0) is 6.07 Å². The number of hydrogen-bond acceptors (Lipinski definition) is 8. The molecule has 0 N–H and O–H groups in total. The quantitative estimate of drug-likeness (QED) is 0.459. The summed E-state index contributed by atoms with van der Waals surface area (Å²) in [6.07, 6.45) is 0. The van der Waals surface area contributed by atoms with Crippen LogP contribution in [0.2, 0.25) is 5.02 Å². The third-order valence-corrected chi connectivity index (χ3v) is 6.34. The molecule has 11 heteroatoms. The van der Waals surface area contributed by atoms with Gasteiger partial charge in [0.25, 0.3) is 11.2 Å². The SMILES string of the molecule is CC(C)c1nn2c(=O)cc(N3CCN(c4c(Cl)cccc4[N+](=O)[O-])CC3)nc2s1. The Labute approximate surface area is 175 Å². The summed E-state index contributed by atoms with van der Waals surface area (Å²) in [4.78, 5) is 32.5. The normalized spacial score (nSPS) is 14.8. The molecule has 0 unspecified atom stereocenters. The number of nitrogens with zero attached hydrogens (tertiary/aromatic N) is 6. The number of anilines is 2. The van der Waals surface area contributed by atoms with Gasteiger partial charge in [0.15, 0.2) is 0 Å². The molecule has 0 spiro atoms. The molecular weight excluding hydrogens is 416 g/mol. The molecule has 3 aromatic rings. The van der Waals surface area contributed by atoms with Crippen molar-refractivity contribution in [2.75, 3.05) is 36.0 Å². The Morgan fingerprint density at radius 1 is 1.21 bits per heavy atom. The molecule has 0 aliphatic carbocycles. The number of rotatable bonds is 4. The summed E-state index contributed by atoms with van der Waals surface area (Å²) in [5.74, 6) is 0.821. The number of fused-ring (bicyclic) bond motifs is 1. The maximum atomic E-state index is 12.5. The van der Waals surface area contributed by atoms with Crippen molar-refractivity contribution in [2.24, 2.45) is 0 Å². The van der Waals surface area contributed by atoms with Gasteiger partial charge in [0.1, 0.15) is 16.5 Å². The average Bonchev–Trinajstić information content (AvgIpc) is 3.13. The van der Waals surface area contributed by atoms with Crippen LogP contribution in [-0.4, -0.2) is 45.7 Å². The Bertz CT molecular complexity index is 1140. The smallest absolute Gasteiger partial charge is 0.294 e. The van der Waals surface area contributed by atoms with Crippen LogP contribution in [0, 0.1) is 10.1 Å². The second-order valence-electron chi connectivity index (χ2n) is 7.08. The maximum Gasteiger partial charge on any atom is 0.294 e. The number of aromatic nitrogens is 3. The van der Waals surface area contributed by atoms with Crippen molar-refractivity contribution < 1.29 is 4.92 Å². The molecular formula is C18H19ClN6O3S. The fraction of sp³-hybridized carbons (Fsp3) is 0.389. The molecule has 1 aliphatic rings. The monoisotopic (exact) mass is 434 g/mol. The van der Waals surface area contributed by atoms with Crippen molar-refractivity contribution in [2.45, 2.75) is 19.8 Å². The average molecular weight is 435 g/mol. The highest BCUT2D eigenvalue weighted by molar-refractivity contribution is 7.16. The summed E-state index contributed by atoms with van der Waals surface area (Å²) < 4.78 is 1.34. The lowest BCUT2D eigenvalue weighted by molar-refractivity contribution is -0.384. The molecule has 1 fully saturated rings. The molecule has 2 aromatic heterocycles. The summed E-state index contributed by atoms with van der Waals surface area (Å²) in [6, 6.07) is 6.18. The molecule has 3 heterocycles. The molecule has 29 heavy (non-hydrogen) atoms. The lowest BCUT2D eigenvalue weighted by Crippen LogP contribution is -2.47. The van der Waals surface area contributed by atoms with E-state index in [-0.39, 0.29) is 17.2 Å². The zero-order valence-corrected chi connectivity index (χ0v) is 17.5. The molecule has 0 bridgehead atoms. The van der Waals surface area contributed by atoms with Gasteiger partial charge in [0.2, 0.25) is 4.96 Å². The van der Waals surface area contributed by atoms with Crippen LogP contribution in [-0.2, 0) is 0 Å². The summed E-state index contributed by atoms with van der Waals surface area (Å²) in [5.41, 5.74) is 0.221. The Morgan fingerprint density at radius 3 is 2.55 bits per heavy atom. The first kappa shape index (κ1) is 19.6. The minimum Gasteiger partial charge on any atom is -0.361 e. The van der Waals surface area contributed by atoms with E-state index in [0.29, 0.717) is 47.7 Å². The van der Waals surface area contributed by atoms with Gasteiger partial charge < -0.3 is 9.80 Å². The molecule has 0 atom stereocenters. The summed E-state index contributed by atoms with van der Waals surface area (Å²) in [7, 11) is 0. The summed E-state index contributed by atoms with van der Waals surface area (Å²) >= 11 is 7.67. The highest BCUT2D eigenvalue weighted by atomic mass is 35.5. The van der Waals surface area contributed by atoms with Crippen LogP contribution in [0.1, 0.15) is 24.8 Å². The van der Waals surface area contributed by atoms with Gasteiger partial charge >= 0.3 is 0 Å². The van der Waals surface area contributed by atoms with Gasteiger partial charge in [0.05, 0.1) is 9.95 Å². The van der Waals surface area contributed by atoms with Gasteiger partial charge in [0, 0.05) is 44.2 Å².